The minimum absolute atomic E-state index is 0.0990. The molecule has 0 radical (unpaired) electrons. The predicted octanol–water partition coefficient (Wildman–Crippen LogP) is 2.87. The number of nitrogens with zero attached hydrogens (tertiary/aromatic N) is 2. The van der Waals surface area contributed by atoms with Gasteiger partial charge in [0.2, 0.25) is 0 Å². The van der Waals surface area contributed by atoms with E-state index in [1.54, 1.807) is 0 Å². The van der Waals surface area contributed by atoms with Gasteiger partial charge >= 0.3 is 0 Å². The number of methoxy groups -OCH3 is 1. The van der Waals surface area contributed by atoms with Crippen LogP contribution < -0.4 is 10.2 Å². The maximum atomic E-state index is 11.8. The van der Waals surface area contributed by atoms with Crippen molar-refractivity contribution >= 4 is 35.3 Å². The number of ether oxygens (including phenoxy) is 1. The van der Waals surface area contributed by atoms with Crippen molar-refractivity contribution in [2.24, 2.45) is 5.10 Å². The van der Waals surface area contributed by atoms with E-state index in [0.29, 0.717) is 5.56 Å². The van der Waals surface area contributed by atoms with Crippen LogP contribution in [0.2, 0.25) is 10.0 Å². The topological polar surface area (TPSA) is 83.8 Å². The number of hydrogen-bond donors (Lipinski definition) is 2. The average molecular weight is 340 g/mol. The van der Waals surface area contributed by atoms with E-state index in [-0.39, 0.29) is 27.1 Å². The number of aromatic hydroxyl groups is 1. The third kappa shape index (κ3) is 3.47. The number of halogens is 2. The number of phenols is 1. The minimum atomic E-state index is -0.428. The van der Waals surface area contributed by atoms with Crippen LogP contribution in [0.3, 0.4) is 0 Å². The molecule has 1 aromatic heterocycles. The van der Waals surface area contributed by atoms with Gasteiger partial charge in [0.05, 0.1) is 28.9 Å². The fourth-order valence-electron chi connectivity index (χ4n) is 1.61. The number of nitrogens with one attached hydrogen (secondary N) is 1. The lowest BCUT2D eigenvalue weighted by atomic mass is 10.2. The first kappa shape index (κ1) is 16.1. The van der Waals surface area contributed by atoms with Gasteiger partial charge in [-0.15, -0.1) is 0 Å². The molecular weight excluding hydrogens is 329 g/mol. The summed E-state index contributed by atoms with van der Waals surface area (Å²) in [5, 5.41) is 14.0. The number of hydrogen-bond acceptors (Lipinski definition) is 5. The van der Waals surface area contributed by atoms with Gasteiger partial charge in [0.25, 0.3) is 5.91 Å². The first-order valence-electron chi connectivity index (χ1n) is 6.03. The average Bonchev–Trinajstić information content (AvgIpc) is 2.54. The Labute approximate surface area is 136 Å². The molecule has 22 heavy (non-hydrogen) atoms. The summed E-state index contributed by atoms with van der Waals surface area (Å²) in [5.41, 5.74) is 2.84. The van der Waals surface area contributed by atoms with Gasteiger partial charge in [-0.2, -0.15) is 5.10 Å². The molecule has 2 N–H and O–H groups in total. The second-order valence-electron chi connectivity index (χ2n) is 4.07. The maximum absolute atomic E-state index is 11.8. The quantitative estimate of drug-likeness (QED) is 0.662. The molecule has 0 fully saturated rings. The Hall–Kier alpha value is -2.31. The SMILES string of the molecule is COc1cc(Cl)c(Cl)c(/C=N/NC(=O)c2ccncc2)c1O. The van der Waals surface area contributed by atoms with Crippen molar-refractivity contribution in [1.29, 1.82) is 0 Å². The number of carbonyl (C=O) groups is 1. The highest BCUT2D eigenvalue weighted by molar-refractivity contribution is 6.43. The molecular formula is C14H11Cl2N3O3. The zero-order valence-electron chi connectivity index (χ0n) is 11.4. The summed E-state index contributed by atoms with van der Waals surface area (Å²) in [6.07, 6.45) is 4.16. The minimum Gasteiger partial charge on any atom is -0.504 e. The molecule has 114 valence electrons. The molecule has 1 aromatic carbocycles. The molecule has 0 saturated heterocycles. The van der Waals surface area contributed by atoms with Crippen LogP contribution in [0.1, 0.15) is 15.9 Å². The van der Waals surface area contributed by atoms with Gasteiger partial charge in [0.1, 0.15) is 0 Å². The first-order valence-corrected chi connectivity index (χ1v) is 6.78. The molecule has 2 rings (SSSR count). The maximum Gasteiger partial charge on any atom is 0.271 e. The van der Waals surface area contributed by atoms with E-state index >= 15 is 0 Å². The van der Waals surface area contributed by atoms with E-state index in [1.165, 1.54) is 43.9 Å². The van der Waals surface area contributed by atoms with Crippen LogP contribution in [0.15, 0.2) is 35.7 Å². The number of carbonyl (C=O) groups excluding carboxylic acids is 1. The number of benzene rings is 1. The van der Waals surface area contributed by atoms with E-state index < -0.39 is 5.91 Å². The molecule has 0 bridgehead atoms. The van der Waals surface area contributed by atoms with Crippen LogP contribution in [0, 0.1) is 0 Å². The van der Waals surface area contributed by atoms with E-state index in [2.05, 4.69) is 15.5 Å². The standard InChI is InChI=1S/C14H11Cl2N3O3/c1-22-11-6-10(15)12(16)9(13(11)20)7-18-19-14(21)8-2-4-17-5-3-8/h2-7,20H,1H3,(H,19,21)/b18-7+. The van der Waals surface area contributed by atoms with Gasteiger partial charge in [0, 0.05) is 24.0 Å². The van der Waals surface area contributed by atoms with Crippen molar-refractivity contribution in [2.75, 3.05) is 7.11 Å². The number of pyridine rings is 1. The summed E-state index contributed by atoms with van der Waals surface area (Å²) in [5.74, 6) is -0.502. The van der Waals surface area contributed by atoms with Crippen molar-refractivity contribution in [2.45, 2.75) is 0 Å². The lowest BCUT2D eigenvalue weighted by molar-refractivity contribution is 0.0955. The van der Waals surface area contributed by atoms with Gasteiger partial charge in [-0.3, -0.25) is 9.78 Å². The molecule has 0 unspecified atom stereocenters. The normalized spacial score (nSPS) is 10.7. The summed E-state index contributed by atoms with van der Waals surface area (Å²) in [6.45, 7) is 0. The van der Waals surface area contributed by atoms with Crippen LogP contribution in [0.25, 0.3) is 0 Å². The molecule has 0 aliphatic heterocycles. The number of phenolic OH excluding ortho intramolecular Hbond substituents is 1. The zero-order valence-corrected chi connectivity index (χ0v) is 12.9. The Kier molecular flexibility index (Phi) is 5.19. The Balaban J connectivity index is 2.20. The van der Waals surface area contributed by atoms with E-state index in [9.17, 15) is 9.90 Å². The monoisotopic (exact) mass is 339 g/mol. The molecule has 2 aromatic rings. The first-order chi connectivity index (χ1) is 10.5. The van der Waals surface area contributed by atoms with Crippen LogP contribution in [0.4, 0.5) is 0 Å². The molecule has 0 aliphatic rings. The lowest BCUT2D eigenvalue weighted by Gasteiger charge is -2.09. The number of rotatable bonds is 4. The molecule has 0 spiro atoms. The molecule has 8 heteroatoms. The summed E-state index contributed by atoms with van der Waals surface area (Å²) < 4.78 is 4.97. The summed E-state index contributed by atoms with van der Waals surface area (Å²) in [6, 6.07) is 4.46. The van der Waals surface area contributed by atoms with Crippen LogP contribution in [0.5, 0.6) is 11.5 Å². The molecule has 1 heterocycles. The van der Waals surface area contributed by atoms with Crippen LogP contribution >= 0.6 is 23.2 Å². The Bertz CT molecular complexity index is 721. The second kappa shape index (κ2) is 7.11. The van der Waals surface area contributed by atoms with E-state index in [0.717, 1.165) is 0 Å². The van der Waals surface area contributed by atoms with E-state index in [1.807, 2.05) is 0 Å². The van der Waals surface area contributed by atoms with Gasteiger partial charge in [-0.05, 0) is 12.1 Å². The molecule has 0 atom stereocenters. The largest absolute Gasteiger partial charge is 0.504 e. The Morgan fingerprint density at radius 3 is 2.73 bits per heavy atom. The highest BCUT2D eigenvalue weighted by Gasteiger charge is 2.15. The van der Waals surface area contributed by atoms with Crippen LogP contribution in [-0.2, 0) is 0 Å². The van der Waals surface area contributed by atoms with Gasteiger partial charge < -0.3 is 9.84 Å². The number of hydrazone groups is 1. The van der Waals surface area contributed by atoms with Gasteiger partial charge in [-0.1, -0.05) is 23.2 Å². The Morgan fingerprint density at radius 1 is 1.41 bits per heavy atom. The number of amides is 1. The van der Waals surface area contributed by atoms with Crippen LogP contribution in [-0.4, -0.2) is 29.3 Å². The van der Waals surface area contributed by atoms with Crippen molar-refractivity contribution in [3.05, 3.63) is 51.8 Å². The van der Waals surface area contributed by atoms with Gasteiger partial charge in [-0.25, -0.2) is 5.43 Å². The molecule has 6 nitrogen and oxygen atoms in total. The predicted molar refractivity (Wildman–Crippen MR) is 84.0 cm³/mol. The second-order valence-corrected chi connectivity index (χ2v) is 4.86. The van der Waals surface area contributed by atoms with Crippen molar-refractivity contribution in [3.8, 4) is 11.5 Å². The molecule has 1 amide bonds. The summed E-state index contributed by atoms with van der Waals surface area (Å²) in [4.78, 5) is 15.6. The summed E-state index contributed by atoms with van der Waals surface area (Å²) >= 11 is 11.9. The molecule has 0 aliphatic carbocycles. The number of aromatic nitrogens is 1. The lowest BCUT2D eigenvalue weighted by Crippen LogP contribution is -2.17. The zero-order chi connectivity index (χ0) is 16.1. The van der Waals surface area contributed by atoms with E-state index in [4.69, 9.17) is 27.9 Å². The Morgan fingerprint density at radius 2 is 2.09 bits per heavy atom. The smallest absolute Gasteiger partial charge is 0.271 e. The van der Waals surface area contributed by atoms with Crippen molar-refractivity contribution < 1.29 is 14.6 Å². The fraction of sp³-hybridized carbons (Fsp3) is 0.0714. The summed E-state index contributed by atoms with van der Waals surface area (Å²) in [7, 11) is 1.38. The van der Waals surface area contributed by atoms with Crippen molar-refractivity contribution in [3.63, 3.8) is 0 Å². The molecule has 0 saturated carbocycles. The van der Waals surface area contributed by atoms with Gasteiger partial charge in [0.15, 0.2) is 11.5 Å². The third-order valence-corrected chi connectivity index (χ3v) is 3.52. The van der Waals surface area contributed by atoms with Crippen molar-refractivity contribution in [1.82, 2.24) is 10.4 Å². The third-order valence-electron chi connectivity index (χ3n) is 2.71. The highest BCUT2D eigenvalue weighted by atomic mass is 35.5. The fourth-order valence-corrected chi connectivity index (χ4v) is 2.00. The highest BCUT2D eigenvalue weighted by Crippen LogP contribution is 2.38.